The molecule has 144 valence electrons. The van der Waals surface area contributed by atoms with Crippen molar-refractivity contribution in [2.24, 2.45) is 5.92 Å². The summed E-state index contributed by atoms with van der Waals surface area (Å²) in [5, 5.41) is 7.68. The molecule has 0 radical (unpaired) electrons. The fourth-order valence-corrected chi connectivity index (χ4v) is 3.15. The molecule has 2 atom stereocenters. The van der Waals surface area contributed by atoms with Crippen molar-refractivity contribution in [3.8, 4) is 16.9 Å². The molecule has 3 heterocycles. The Morgan fingerprint density at radius 3 is 2.79 bits per heavy atom. The van der Waals surface area contributed by atoms with Crippen molar-refractivity contribution in [3.05, 3.63) is 66.9 Å². The fraction of sp³-hybridized carbons (Fsp3) is 0.143. The first-order valence-corrected chi connectivity index (χ1v) is 9.10. The number of amides is 1. The monoisotopic (exact) mass is 391 g/mol. The number of rotatable bonds is 4. The number of benzene rings is 1. The number of fused-ring (bicyclic) bond motifs is 1. The van der Waals surface area contributed by atoms with Gasteiger partial charge in [-0.15, -0.1) is 5.10 Å². The predicted molar refractivity (Wildman–Crippen MR) is 104 cm³/mol. The molecular weight excluding hydrogens is 376 g/mol. The molecule has 5 rings (SSSR count). The number of pyridine rings is 2. The largest absolute Gasteiger partial charge is 0.326 e. The Morgan fingerprint density at radius 2 is 2.03 bits per heavy atom. The van der Waals surface area contributed by atoms with E-state index in [1.54, 1.807) is 18.6 Å². The highest BCUT2D eigenvalue weighted by molar-refractivity contribution is 5.95. The van der Waals surface area contributed by atoms with Gasteiger partial charge in [0.1, 0.15) is 17.7 Å². The number of anilines is 1. The van der Waals surface area contributed by atoms with E-state index in [2.05, 4.69) is 20.4 Å². The highest BCUT2D eigenvalue weighted by atomic mass is 19.1. The SMILES string of the molecule is O=C(Nc1ccc(F)c(-n2cc3cc(-c4ccccn4)cnc3n2)c1)[C@H]1C[C@@H]1F. The zero-order chi connectivity index (χ0) is 20.0. The summed E-state index contributed by atoms with van der Waals surface area (Å²) in [6, 6.07) is 11.6. The Morgan fingerprint density at radius 1 is 1.17 bits per heavy atom. The van der Waals surface area contributed by atoms with E-state index in [9.17, 15) is 13.6 Å². The molecule has 0 spiro atoms. The third-order valence-electron chi connectivity index (χ3n) is 4.83. The minimum atomic E-state index is -1.09. The molecule has 6 nitrogen and oxygen atoms in total. The van der Waals surface area contributed by atoms with Gasteiger partial charge < -0.3 is 5.32 Å². The van der Waals surface area contributed by atoms with Gasteiger partial charge >= 0.3 is 0 Å². The van der Waals surface area contributed by atoms with E-state index in [0.717, 1.165) is 16.6 Å². The highest BCUT2D eigenvalue weighted by Gasteiger charge is 2.43. The van der Waals surface area contributed by atoms with E-state index in [4.69, 9.17) is 0 Å². The van der Waals surface area contributed by atoms with E-state index in [1.807, 2.05) is 24.3 Å². The zero-order valence-corrected chi connectivity index (χ0v) is 15.1. The van der Waals surface area contributed by atoms with Crippen molar-refractivity contribution in [1.82, 2.24) is 19.7 Å². The molecule has 4 aromatic rings. The molecule has 3 aromatic heterocycles. The molecule has 0 saturated heterocycles. The molecule has 1 amide bonds. The molecule has 0 unspecified atom stereocenters. The van der Waals surface area contributed by atoms with E-state index in [-0.39, 0.29) is 12.1 Å². The maximum absolute atomic E-state index is 14.4. The Kier molecular flexibility index (Phi) is 4.04. The number of carbonyl (C=O) groups excluding carboxylic acids is 1. The van der Waals surface area contributed by atoms with Gasteiger partial charge in [-0.25, -0.2) is 18.4 Å². The van der Waals surface area contributed by atoms with Gasteiger partial charge in [0.25, 0.3) is 0 Å². The zero-order valence-electron chi connectivity index (χ0n) is 15.1. The van der Waals surface area contributed by atoms with Crippen molar-refractivity contribution >= 4 is 22.6 Å². The first kappa shape index (κ1) is 17.4. The average molecular weight is 391 g/mol. The molecule has 1 aliphatic rings. The third-order valence-corrected chi connectivity index (χ3v) is 4.83. The molecule has 1 aromatic carbocycles. The van der Waals surface area contributed by atoms with Crippen LogP contribution in [0.5, 0.6) is 0 Å². The molecular formula is C21H15F2N5O. The van der Waals surface area contributed by atoms with Crippen LogP contribution in [0.2, 0.25) is 0 Å². The number of nitrogens with one attached hydrogen (secondary N) is 1. The van der Waals surface area contributed by atoms with Gasteiger partial charge in [0.05, 0.1) is 11.6 Å². The van der Waals surface area contributed by atoms with Crippen LogP contribution in [0.3, 0.4) is 0 Å². The first-order valence-electron chi connectivity index (χ1n) is 9.10. The minimum absolute atomic E-state index is 0.160. The molecule has 1 aliphatic carbocycles. The van der Waals surface area contributed by atoms with Crippen LogP contribution in [0.25, 0.3) is 28.0 Å². The van der Waals surface area contributed by atoms with Crippen LogP contribution in [0, 0.1) is 11.7 Å². The number of hydrogen-bond acceptors (Lipinski definition) is 4. The molecule has 1 N–H and O–H groups in total. The van der Waals surface area contributed by atoms with Crippen molar-refractivity contribution in [3.63, 3.8) is 0 Å². The van der Waals surface area contributed by atoms with Gasteiger partial charge in [-0.3, -0.25) is 9.78 Å². The Bertz CT molecular complexity index is 1220. The topological polar surface area (TPSA) is 72.7 Å². The van der Waals surface area contributed by atoms with Crippen LogP contribution in [0.15, 0.2) is 61.1 Å². The second-order valence-corrected chi connectivity index (χ2v) is 6.94. The average Bonchev–Trinajstić information content (AvgIpc) is 3.32. The summed E-state index contributed by atoms with van der Waals surface area (Å²) < 4.78 is 28.9. The van der Waals surface area contributed by atoms with Gasteiger partial charge in [0, 0.05) is 35.2 Å². The molecule has 1 saturated carbocycles. The van der Waals surface area contributed by atoms with E-state index >= 15 is 0 Å². The number of aromatic nitrogens is 4. The molecule has 0 aliphatic heterocycles. The van der Waals surface area contributed by atoms with Gasteiger partial charge in [0.15, 0.2) is 5.65 Å². The van der Waals surface area contributed by atoms with E-state index < -0.39 is 23.8 Å². The molecule has 1 fully saturated rings. The van der Waals surface area contributed by atoms with Gasteiger partial charge in [-0.1, -0.05) is 6.07 Å². The highest BCUT2D eigenvalue weighted by Crippen LogP contribution is 2.35. The summed E-state index contributed by atoms with van der Waals surface area (Å²) in [5.41, 5.74) is 2.60. The summed E-state index contributed by atoms with van der Waals surface area (Å²) >= 11 is 0. The predicted octanol–water partition coefficient (Wildman–Crippen LogP) is 3.92. The Balaban J connectivity index is 1.48. The quantitative estimate of drug-likeness (QED) is 0.572. The number of hydrogen-bond donors (Lipinski definition) is 1. The minimum Gasteiger partial charge on any atom is -0.326 e. The fourth-order valence-electron chi connectivity index (χ4n) is 3.15. The number of nitrogens with zero attached hydrogens (tertiary/aromatic N) is 4. The lowest BCUT2D eigenvalue weighted by Gasteiger charge is -2.08. The van der Waals surface area contributed by atoms with Crippen LogP contribution in [-0.2, 0) is 4.79 Å². The van der Waals surface area contributed by atoms with Gasteiger partial charge in [0.2, 0.25) is 5.91 Å². The number of halogens is 2. The Hall–Kier alpha value is -3.68. The van der Waals surface area contributed by atoms with Crippen LogP contribution >= 0.6 is 0 Å². The summed E-state index contributed by atoms with van der Waals surface area (Å²) in [6.45, 7) is 0. The Labute approximate surface area is 164 Å². The van der Waals surface area contributed by atoms with Crippen molar-refractivity contribution < 1.29 is 13.6 Å². The lowest BCUT2D eigenvalue weighted by atomic mass is 10.1. The van der Waals surface area contributed by atoms with E-state index in [1.165, 1.54) is 22.9 Å². The van der Waals surface area contributed by atoms with Gasteiger partial charge in [-0.05, 0) is 42.8 Å². The molecule has 0 bridgehead atoms. The lowest BCUT2D eigenvalue weighted by molar-refractivity contribution is -0.117. The van der Waals surface area contributed by atoms with Crippen LogP contribution in [0.4, 0.5) is 14.5 Å². The van der Waals surface area contributed by atoms with Crippen molar-refractivity contribution in [2.75, 3.05) is 5.32 Å². The second kappa shape index (κ2) is 6.73. The summed E-state index contributed by atoms with van der Waals surface area (Å²) in [4.78, 5) is 20.6. The van der Waals surface area contributed by atoms with Crippen LogP contribution < -0.4 is 5.32 Å². The smallest absolute Gasteiger partial charge is 0.230 e. The maximum Gasteiger partial charge on any atom is 0.230 e. The standard InChI is InChI=1S/C21H15F2N5O/c22-16-5-4-14(26-21(29)15-9-17(15)23)8-19(16)28-11-13-7-12(10-25-20(13)27-28)18-3-1-2-6-24-18/h1-8,10-11,15,17H,9H2,(H,26,29)/t15-,17-/m0/s1. The first-order chi connectivity index (χ1) is 14.1. The summed E-state index contributed by atoms with van der Waals surface area (Å²) in [6.07, 6.45) is 4.17. The molecule has 8 heteroatoms. The normalized spacial score (nSPS) is 18.0. The van der Waals surface area contributed by atoms with Crippen molar-refractivity contribution in [1.29, 1.82) is 0 Å². The number of alkyl halides is 1. The maximum atomic E-state index is 14.4. The summed E-state index contributed by atoms with van der Waals surface area (Å²) in [5.74, 6) is -1.53. The third kappa shape index (κ3) is 3.33. The van der Waals surface area contributed by atoms with Crippen LogP contribution in [0.1, 0.15) is 6.42 Å². The van der Waals surface area contributed by atoms with Gasteiger partial charge in [-0.2, -0.15) is 0 Å². The van der Waals surface area contributed by atoms with Crippen LogP contribution in [-0.4, -0.2) is 31.8 Å². The van der Waals surface area contributed by atoms with E-state index in [0.29, 0.717) is 11.3 Å². The van der Waals surface area contributed by atoms with Crippen molar-refractivity contribution in [2.45, 2.75) is 12.6 Å². The lowest BCUT2D eigenvalue weighted by Crippen LogP contribution is -2.15. The number of carbonyl (C=O) groups is 1. The summed E-state index contributed by atoms with van der Waals surface area (Å²) in [7, 11) is 0. The molecule has 29 heavy (non-hydrogen) atoms. The second-order valence-electron chi connectivity index (χ2n) is 6.94.